The number of benzene rings is 4. The molecule has 0 aromatic heterocycles. The molecular formula is C51H64O12. The SMILES string of the molecule is CC(C)CCOC(=O)c1ccccc1C(=O)OCCC(C)C.CC(C)c1ccc(C(=O)O)c(C(=O)O)c1C(C)C.CCCCc1ccc(C(=O)O)c(C(=O)O)c1Cc1ccccc1. The molecule has 4 aromatic rings. The van der Waals surface area contributed by atoms with Crippen molar-refractivity contribution in [3.05, 3.63) is 140 Å². The third-order valence-corrected chi connectivity index (χ3v) is 10.0. The van der Waals surface area contributed by atoms with Crippen LogP contribution in [-0.4, -0.2) is 69.5 Å². The molecule has 0 atom stereocenters. The summed E-state index contributed by atoms with van der Waals surface area (Å²) < 4.78 is 10.5. The van der Waals surface area contributed by atoms with Crippen molar-refractivity contribution in [2.45, 2.75) is 113 Å². The highest BCUT2D eigenvalue weighted by atomic mass is 16.5. The van der Waals surface area contributed by atoms with Gasteiger partial charge >= 0.3 is 35.8 Å². The van der Waals surface area contributed by atoms with Gasteiger partial charge in [-0.05, 0) is 108 Å². The van der Waals surface area contributed by atoms with Crippen LogP contribution in [0.3, 0.4) is 0 Å². The summed E-state index contributed by atoms with van der Waals surface area (Å²) in [4.78, 5) is 69.8. The molecule has 4 aromatic carbocycles. The number of esters is 2. The smallest absolute Gasteiger partial charge is 0.339 e. The van der Waals surface area contributed by atoms with Gasteiger partial charge in [-0.15, -0.1) is 0 Å². The van der Waals surface area contributed by atoms with Gasteiger partial charge in [0.05, 0.1) is 46.6 Å². The second-order valence-electron chi connectivity index (χ2n) is 16.6. The lowest BCUT2D eigenvalue weighted by molar-refractivity contribution is 0.0440. The topological polar surface area (TPSA) is 202 Å². The minimum atomic E-state index is -1.21. The molecule has 0 fully saturated rings. The van der Waals surface area contributed by atoms with Crippen molar-refractivity contribution in [1.82, 2.24) is 0 Å². The van der Waals surface area contributed by atoms with E-state index in [0.29, 0.717) is 42.6 Å². The molecule has 0 saturated heterocycles. The van der Waals surface area contributed by atoms with Crippen LogP contribution in [0.4, 0.5) is 0 Å². The molecule has 0 radical (unpaired) electrons. The maximum Gasteiger partial charge on any atom is 0.339 e. The van der Waals surface area contributed by atoms with Gasteiger partial charge in [-0.2, -0.15) is 0 Å². The lowest BCUT2D eigenvalue weighted by Gasteiger charge is -2.19. The van der Waals surface area contributed by atoms with Crippen molar-refractivity contribution in [3.63, 3.8) is 0 Å². The van der Waals surface area contributed by atoms with Crippen molar-refractivity contribution in [3.8, 4) is 0 Å². The van der Waals surface area contributed by atoms with E-state index in [1.165, 1.54) is 12.1 Å². The summed E-state index contributed by atoms with van der Waals surface area (Å²) in [6.07, 6.45) is 4.70. The summed E-state index contributed by atoms with van der Waals surface area (Å²) in [5, 5.41) is 37.2. The van der Waals surface area contributed by atoms with Crippen LogP contribution in [0, 0.1) is 11.8 Å². The average Bonchev–Trinajstić information content (AvgIpc) is 3.22. The minimum Gasteiger partial charge on any atom is -0.478 e. The number of carboxylic acid groups (broad SMARTS) is 4. The Bertz CT molecular complexity index is 2120. The van der Waals surface area contributed by atoms with Gasteiger partial charge in [0.2, 0.25) is 0 Å². The van der Waals surface area contributed by atoms with Crippen molar-refractivity contribution in [2.75, 3.05) is 13.2 Å². The summed E-state index contributed by atoms with van der Waals surface area (Å²) in [6.45, 7) is 18.7. The minimum absolute atomic E-state index is 0.0344. The van der Waals surface area contributed by atoms with E-state index >= 15 is 0 Å². The van der Waals surface area contributed by atoms with Gasteiger partial charge in [0.25, 0.3) is 0 Å². The van der Waals surface area contributed by atoms with E-state index in [-0.39, 0.29) is 45.2 Å². The summed E-state index contributed by atoms with van der Waals surface area (Å²) >= 11 is 0. The molecule has 0 aliphatic rings. The first-order chi connectivity index (χ1) is 29.7. The highest BCUT2D eigenvalue weighted by Gasteiger charge is 2.26. The maximum absolute atomic E-state index is 12.1. The number of ether oxygens (including phenoxy) is 2. The zero-order valence-electron chi connectivity index (χ0n) is 38.0. The van der Waals surface area contributed by atoms with Crippen molar-refractivity contribution < 1.29 is 58.7 Å². The Morgan fingerprint density at radius 1 is 0.524 bits per heavy atom. The highest BCUT2D eigenvalue weighted by molar-refractivity contribution is 6.04. The number of carbonyl (C=O) groups is 6. The Labute approximate surface area is 371 Å². The normalized spacial score (nSPS) is 10.7. The number of rotatable bonds is 19. The van der Waals surface area contributed by atoms with Crippen molar-refractivity contribution in [2.24, 2.45) is 11.8 Å². The van der Waals surface area contributed by atoms with Crippen LogP contribution in [0.5, 0.6) is 0 Å². The molecule has 0 aliphatic heterocycles. The fraction of sp³-hybridized carbons (Fsp3) is 0.412. The van der Waals surface area contributed by atoms with Gasteiger partial charge in [-0.25, -0.2) is 28.8 Å². The summed E-state index contributed by atoms with van der Waals surface area (Å²) in [5.74, 6) is -4.69. The number of unbranched alkanes of at least 4 members (excludes halogenated alkanes) is 1. The van der Waals surface area contributed by atoms with E-state index in [0.717, 1.165) is 48.8 Å². The van der Waals surface area contributed by atoms with Crippen LogP contribution in [0.15, 0.2) is 78.9 Å². The summed E-state index contributed by atoms with van der Waals surface area (Å²) in [7, 11) is 0. The van der Waals surface area contributed by atoms with Crippen molar-refractivity contribution >= 4 is 35.8 Å². The molecule has 0 unspecified atom stereocenters. The number of hydrogen-bond donors (Lipinski definition) is 4. The van der Waals surface area contributed by atoms with Gasteiger partial charge in [-0.3, -0.25) is 0 Å². The summed E-state index contributed by atoms with van der Waals surface area (Å²) in [6, 6.07) is 22.4. The first-order valence-corrected chi connectivity index (χ1v) is 21.4. The second kappa shape index (κ2) is 26.2. The first kappa shape index (κ1) is 52.8. The predicted octanol–water partition coefficient (Wildman–Crippen LogP) is 11.4. The van der Waals surface area contributed by atoms with Crippen LogP contribution in [0.25, 0.3) is 0 Å². The lowest BCUT2D eigenvalue weighted by Crippen LogP contribution is -2.15. The first-order valence-electron chi connectivity index (χ1n) is 21.4. The molecule has 63 heavy (non-hydrogen) atoms. The largest absolute Gasteiger partial charge is 0.478 e. The van der Waals surface area contributed by atoms with Gasteiger partial charge in [0.1, 0.15) is 0 Å². The molecule has 0 spiro atoms. The third-order valence-electron chi connectivity index (χ3n) is 10.0. The van der Waals surface area contributed by atoms with Crippen LogP contribution < -0.4 is 0 Å². The fourth-order valence-corrected chi connectivity index (χ4v) is 6.66. The van der Waals surface area contributed by atoms with Gasteiger partial charge < -0.3 is 29.9 Å². The number of carboxylic acids is 4. The Balaban J connectivity index is 0.000000328. The van der Waals surface area contributed by atoms with Gasteiger partial charge in [-0.1, -0.05) is 123 Å². The summed E-state index contributed by atoms with van der Waals surface area (Å²) in [5.41, 5.74) is 4.08. The number of hydrogen-bond acceptors (Lipinski definition) is 8. The monoisotopic (exact) mass is 868 g/mol. The van der Waals surface area contributed by atoms with Crippen LogP contribution in [0.1, 0.15) is 190 Å². The Kier molecular flexibility index (Phi) is 22.0. The highest BCUT2D eigenvalue weighted by Crippen LogP contribution is 2.32. The molecule has 0 amide bonds. The van der Waals surface area contributed by atoms with Gasteiger partial charge in [0, 0.05) is 0 Å². The van der Waals surface area contributed by atoms with E-state index in [4.69, 9.17) is 14.6 Å². The number of aryl methyl sites for hydroxylation is 1. The number of carbonyl (C=O) groups excluding carboxylic acids is 2. The van der Waals surface area contributed by atoms with Crippen LogP contribution in [-0.2, 0) is 22.3 Å². The second-order valence-corrected chi connectivity index (χ2v) is 16.6. The molecule has 4 rings (SSSR count). The van der Waals surface area contributed by atoms with E-state index in [9.17, 15) is 44.1 Å². The van der Waals surface area contributed by atoms with Gasteiger partial charge in [0.15, 0.2) is 0 Å². The van der Waals surface area contributed by atoms with E-state index in [1.54, 1.807) is 36.4 Å². The fourth-order valence-electron chi connectivity index (χ4n) is 6.66. The van der Waals surface area contributed by atoms with Crippen molar-refractivity contribution in [1.29, 1.82) is 0 Å². The third kappa shape index (κ3) is 16.5. The molecule has 340 valence electrons. The molecule has 0 aliphatic carbocycles. The average molecular weight is 869 g/mol. The zero-order valence-corrected chi connectivity index (χ0v) is 38.0. The van der Waals surface area contributed by atoms with Crippen LogP contribution >= 0.6 is 0 Å². The molecule has 0 heterocycles. The molecular weight excluding hydrogens is 805 g/mol. The van der Waals surface area contributed by atoms with E-state index in [2.05, 4.69) is 34.6 Å². The maximum atomic E-state index is 12.1. The quantitative estimate of drug-likeness (QED) is 0.0651. The Hall–Kier alpha value is -6.30. The Morgan fingerprint density at radius 3 is 1.40 bits per heavy atom. The molecule has 4 N–H and O–H groups in total. The molecule has 0 bridgehead atoms. The standard InChI is InChI=1S/C19H20O4.C18H26O4.C14H18O4/c1-2-3-9-14-10-11-15(18(20)21)17(19(22)23)16(14)12-13-7-5-4-6-8-13;1-13(2)9-11-21-17(19)15-7-5-6-8-16(15)18(20)22-12-10-14(3)4;1-7(2)9-5-6-10(13(15)16)12(14(17)18)11(9)8(3)4/h4-8,10-11H,2-3,9,12H2,1H3,(H,20,21)(H,22,23);5-8,13-14H,9-12H2,1-4H3;5-8H,1-4H3,(H,15,16)(H,17,18). The lowest BCUT2D eigenvalue weighted by atomic mass is 9.84. The molecule has 0 saturated carbocycles. The zero-order chi connectivity index (χ0) is 47.4. The predicted molar refractivity (Wildman–Crippen MR) is 243 cm³/mol. The Morgan fingerprint density at radius 2 is 0.984 bits per heavy atom. The van der Waals surface area contributed by atoms with E-state index < -0.39 is 35.8 Å². The number of aromatic carboxylic acids is 4. The molecule has 12 nitrogen and oxygen atoms in total. The van der Waals surface area contributed by atoms with Crippen LogP contribution in [0.2, 0.25) is 0 Å². The molecule has 12 heteroatoms. The van der Waals surface area contributed by atoms with E-state index in [1.807, 2.05) is 58.0 Å².